The van der Waals surface area contributed by atoms with Crippen LogP contribution in [0.15, 0.2) is 71.6 Å². The van der Waals surface area contributed by atoms with Gasteiger partial charge in [-0.1, -0.05) is 54.3 Å². The van der Waals surface area contributed by atoms with E-state index < -0.39 is 0 Å². The van der Waals surface area contributed by atoms with Crippen molar-refractivity contribution in [1.29, 1.82) is 0 Å². The zero-order chi connectivity index (χ0) is 26.4. The third-order valence-electron chi connectivity index (χ3n) is 5.35. The smallest absolute Gasteiger partial charge is 0.270 e. The number of rotatable bonds is 9. The van der Waals surface area contributed by atoms with Crippen LogP contribution < -0.4 is 29.2 Å². The highest BCUT2D eigenvalue weighted by Gasteiger charge is 2.34. The minimum atomic E-state index is -0.351. The van der Waals surface area contributed by atoms with Gasteiger partial charge in [-0.2, -0.15) is 0 Å². The fourth-order valence-electron chi connectivity index (χ4n) is 3.61. The van der Waals surface area contributed by atoms with Crippen LogP contribution >= 0.6 is 24.0 Å². The molecule has 1 N–H and O–H groups in total. The number of para-hydroxylation sites is 4. The first-order chi connectivity index (χ1) is 17.9. The first kappa shape index (κ1) is 26.1. The third kappa shape index (κ3) is 5.87. The van der Waals surface area contributed by atoms with E-state index in [2.05, 4.69) is 5.32 Å². The van der Waals surface area contributed by atoms with Crippen molar-refractivity contribution in [3.63, 3.8) is 0 Å². The van der Waals surface area contributed by atoms with Gasteiger partial charge in [-0.05, 0) is 48.0 Å². The van der Waals surface area contributed by atoms with Gasteiger partial charge in [0.15, 0.2) is 22.4 Å². The molecule has 0 spiro atoms. The maximum atomic E-state index is 13.2. The first-order valence-corrected chi connectivity index (χ1v) is 12.3. The summed E-state index contributed by atoms with van der Waals surface area (Å²) in [5.41, 5.74) is 1.85. The Kier molecular flexibility index (Phi) is 8.32. The fourth-order valence-corrected chi connectivity index (χ4v) is 4.90. The lowest BCUT2D eigenvalue weighted by molar-refractivity contribution is -0.118. The van der Waals surface area contributed by atoms with E-state index in [9.17, 15) is 9.59 Å². The van der Waals surface area contributed by atoms with Gasteiger partial charge in [-0.3, -0.25) is 14.5 Å². The molecule has 2 amide bonds. The van der Waals surface area contributed by atoms with Crippen LogP contribution in [0.25, 0.3) is 6.08 Å². The molecule has 0 saturated carbocycles. The summed E-state index contributed by atoms with van der Waals surface area (Å²) in [4.78, 5) is 27.5. The molecule has 0 bridgehead atoms. The molecule has 3 aromatic carbocycles. The Balaban J connectivity index is 1.47. The second kappa shape index (κ2) is 11.8. The monoisotopic (exact) mass is 536 g/mol. The lowest BCUT2D eigenvalue weighted by Gasteiger charge is -2.17. The SMILES string of the molecule is COc1ccccc1NC(=O)COc1ccc(/C=C2\SC(=S)N(c3ccccc3OC)C2=O)cc1OC. The molecule has 8 nitrogen and oxygen atoms in total. The Morgan fingerprint density at radius 2 is 1.59 bits per heavy atom. The number of hydrogen-bond acceptors (Lipinski definition) is 8. The van der Waals surface area contributed by atoms with Crippen LogP contribution in [0.3, 0.4) is 0 Å². The zero-order valence-electron chi connectivity index (χ0n) is 20.3. The lowest BCUT2D eigenvalue weighted by atomic mass is 10.1. The molecule has 3 aromatic rings. The molecule has 1 saturated heterocycles. The zero-order valence-corrected chi connectivity index (χ0v) is 22.0. The van der Waals surface area contributed by atoms with E-state index in [0.29, 0.717) is 49.2 Å². The number of nitrogens with one attached hydrogen (secondary N) is 1. The van der Waals surface area contributed by atoms with E-state index in [1.807, 2.05) is 18.2 Å². The standard InChI is InChI=1S/C27H24N2O6S2/c1-32-20-10-6-4-8-18(20)28-25(30)16-35-22-13-12-17(14-23(22)34-3)15-24-26(31)29(27(36)37-24)19-9-5-7-11-21(19)33-2/h4-15H,16H2,1-3H3,(H,28,30)/b24-15-. The molecule has 0 unspecified atom stereocenters. The van der Waals surface area contributed by atoms with Crippen molar-refractivity contribution in [2.75, 3.05) is 38.2 Å². The molecule has 1 heterocycles. The van der Waals surface area contributed by atoms with Gasteiger partial charge in [0.2, 0.25) is 0 Å². The highest BCUT2D eigenvalue weighted by molar-refractivity contribution is 8.27. The van der Waals surface area contributed by atoms with Crippen LogP contribution in [0.2, 0.25) is 0 Å². The molecule has 4 rings (SSSR count). The summed E-state index contributed by atoms with van der Waals surface area (Å²) in [5.74, 6) is 1.31. The molecule has 1 fully saturated rings. The van der Waals surface area contributed by atoms with Crippen LogP contribution in [-0.4, -0.2) is 44.1 Å². The summed E-state index contributed by atoms with van der Waals surface area (Å²) < 4.78 is 22.2. The number of ether oxygens (including phenoxy) is 4. The van der Waals surface area contributed by atoms with Crippen molar-refractivity contribution in [2.45, 2.75) is 0 Å². The van der Waals surface area contributed by atoms with Crippen LogP contribution in [0.1, 0.15) is 5.56 Å². The fraction of sp³-hybridized carbons (Fsp3) is 0.148. The Morgan fingerprint density at radius 1 is 0.919 bits per heavy atom. The van der Waals surface area contributed by atoms with Gasteiger partial charge in [-0.15, -0.1) is 0 Å². The number of benzene rings is 3. The molecule has 37 heavy (non-hydrogen) atoms. The molecular weight excluding hydrogens is 512 g/mol. The summed E-state index contributed by atoms with van der Waals surface area (Å²) in [5, 5.41) is 2.76. The molecule has 0 atom stereocenters. The quantitative estimate of drug-likeness (QED) is 0.297. The number of thiocarbonyl (C=S) groups is 1. The molecule has 0 aromatic heterocycles. The number of carbonyl (C=O) groups is 2. The Bertz CT molecular complexity index is 1370. The number of hydrogen-bond donors (Lipinski definition) is 1. The molecule has 190 valence electrons. The summed E-state index contributed by atoms with van der Waals surface area (Å²) in [7, 11) is 4.58. The Morgan fingerprint density at radius 3 is 2.32 bits per heavy atom. The van der Waals surface area contributed by atoms with Crippen LogP contribution in [0.5, 0.6) is 23.0 Å². The van der Waals surface area contributed by atoms with E-state index in [1.54, 1.807) is 61.7 Å². The number of carbonyl (C=O) groups excluding carboxylic acids is 2. The molecule has 0 aliphatic carbocycles. The van der Waals surface area contributed by atoms with Crippen molar-refractivity contribution in [2.24, 2.45) is 0 Å². The maximum Gasteiger partial charge on any atom is 0.270 e. The molecular formula is C27H24N2O6S2. The molecule has 10 heteroatoms. The largest absolute Gasteiger partial charge is 0.495 e. The van der Waals surface area contributed by atoms with Crippen molar-refractivity contribution >= 4 is 57.6 Å². The summed E-state index contributed by atoms with van der Waals surface area (Å²) >= 11 is 6.68. The van der Waals surface area contributed by atoms with Crippen molar-refractivity contribution in [3.05, 3.63) is 77.2 Å². The number of amides is 2. The number of nitrogens with zero attached hydrogens (tertiary/aromatic N) is 1. The van der Waals surface area contributed by atoms with E-state index in [1.165, 1.54) is 30.9 Å². The Hall–Kier alpha value is -4.02. The molecule has 1 aliphatic rings. The average Bonchev–Trinajstić information content (AvgIpc) is 3.19. The minimum Gasteiger partial charge on any atom is -0.495 e. The van der Waals surface area contributed by atoms with Crippen molar-refractivity contribution in [1.82, 2.24) is 0 Å². The number of thioether (sulfide) groups is 1. The summed E-state index contributed by atoms with van der Waals surface area (Å²) in [6, 6.07) is 19.5. The second-order valence-corrected chi connectivity index (χ2v) is 9.31. The molecule has 1 aliphatic heterocycles. The number of methoxy groups -OCH3 is 3. The van der Waals surface area contributed by atoms with Gasteiger partial charge in [0.25, 0.3) is 11.8 Å². The van der Waals surface area contributed by atoms with Gasteiger partial charge in [0.1, 0.15) is 11.5 Å². The topological polar surface area (TPSA) is 86.3 Å². The average molecular weight is 537 g/mol. The predicted molar refractivity (Wildman–Crippen MR) is 149 cm³/mol. The van der Waals surface area contributed by atoms with Gasteiger partial charge < -0.3 is 24.3 Å². The van der Waals surface area contributed by atoms with E-state index >= 15 is 0 Å². The van der Waals surface area contributed by atoms with Crippen molar-refractivity contribution in [3.8, 4) is 23.0 Å². The number of anilines is 2. The Labute approximate surface area is 224 Å². The minimum absolute atomic E-state index is 0.231. The van der Waals surface area contributed by atoms with E-state index in [-0.39, 0.29) is 18.4 Å². The van der Waals surface area contributed by atoms with Crippen molar-refractivity contribution < 1.29 is 28.5 Å². The highest BCUT2D eigenvalue weighted by Crippen LogP contribution is 2.40. The molecule has 0 radical (unpaired) electrons. The summed E-state index contributed by atoms with van der Waals surface area (Å²) in [6.07, 6.45) is 1.73. The van der Waals surface area contributed by atoms with E-state index in [4.69, 9.17) is 31.2 Å². The van der Waals surface area contributed by atoms with E-state index in [0.717, 1.165) is 0 Å². The third-order valence-corrected chi connectivity index (χ3v) is 6.65. The van der Waals surface area contributed by atoms with Gasteiger partial charge in [0, 0.05) is 0 Å². The predicted octanol–water partition coefficient (Wildman–Crippen LogP) is 5.14. The summed E-state index contributed by atoms with van der Waals surface area (Å²) in [6.45, 7) is -0.231. The second-order valence-electron chi connectivity index (χ2n) is 7.64. The maximum absolute atomic E-state index is 13.2. The van der Waals surface area contributed by atoms with Gasteiger partial charge in [0.05, 0.1) is 37.6 Å². The van der Waals surface area contributed by atoms with Gasteiger partial charge in [-0.25, -0.2) is 0 Å². The lowest BCUT2D eigenvalue weighted by Crippen LogP contribution is -2.27. The highest BCUT2D eigenvalue weighted by atomic mass is 32.2. The van der Waals surface area contributed by atoms with Gasteiger partial charge >= 0.3 is 0 Å². The van der Waals surface area contributed by atoms with Crippen LogP contribution in [0.4, 0.5) is 11.4 Å². The van der Waals surface area contributed by atoms with Crippen LogP contribution in [0, 0.1) is 0 Å². The first-order valence-electron chi connectivity index (χ1n) is 11.1. The normalized spacial score (nSPS) is 14.0. The van der Waals surface area contributed by atoms with Crippen LogP contribution in [-0.2, 0) is 9.59 Å².